The van der Waals surface area contributed by atoms with Crippen molar-refractivity contribution in [2.24, 2.45) is 0 Å². The minimum atomic E-state index is -3.33. The summed E-state index contributed by atoms with van der Waals surface area (Å²) in [7, 11) is 3.22. The predicted octanol–water partition coefficient (Wildman–Crippen LogP) is -2.54. The Labute approximate surface area is 167 Å². The molecule has 0 amide bonds. The van der Waals surface area contributed by atoms with E-state index in [1.807, 2.05) is 0 Å². The van der Waals surface area contributed by atoms with Crippen LogP contribution in [0.4, 0.5) is 15.9 Å². The number of amidine groups is 1. The van der Waals surface area contributed by atoms with Crippen LogP contribution >= 0.6 is 15.9 Å². The first-order chi connectivity index (χ1) is 12.4. The number of hydrogen-bond acceptors (Lipinski definition) is 7. The molecule has 2 aromatic rings. The summed E-state index contributed by atoms with van der Waals surface area (Å²) in [5, 5.41) is 21.5. The predicted molar refractivity (Wildman–Crippen MR) is 115 cm³/mol. The van der Waals surface area contributed by atoms with Gasteiger partial charge in [0.1, 0.15) is 47.0 Å². The minimum absolute atomic E-state index is 0.0892. The first kappa shape index (κ1) is 20.0. The second-order valence-electron chi connectivity index (χ2n) is 7.38. The third kappa shape index (κ3) is 3.00. The maximum atomic E-state index is 13.3. The zero-order valence-corrected chi connectivity index (χ0v) is 17.5. The van der Waals surface area contributed by atoms with Crippen LogP contribution in [0.15, 0.2) is 27.3 Å². The summed E-state index contributed by atoms with van der Waals surface area (Å²) in [4.78, 5) is 0. The molecule has 2 heterocycles. The molecule has 0 atom stereocenters. The molecule has 0 spiro atoms. The third-order valence-electron chi connectivity index (χ3n) is 4.97. The Morgan fingerprint density at radius 3 is 2.48 bits per heavy atom. The van der Waals surface area contributed by atoms with Gasteiger partial charge < -0.3 is 10.6 Å². The smallest absolute Gasteiger partial charge is 0.202 e. The Morgan fingerprint density at radius 1 is 1.26 bits per heavy atom. The fourth-order valence-electron chi connectivity index (χ4n) is 3.48. The highest BCUT2D eigenvalue weighted by Gasteiger charge is 2.66. The van der Waals surface area contributed by atoms with Crippen LogP contribution in [-0.2, 0) is 9.84 Å². The lowest BCUT2D eigenvalue weighted by Crippen LogP contribution is -2.81. The average Bonchev–Trinajstić information content (AvgIpc) is 3.03. The molecular weight excluding hydrogens is 436 g/mol. The van der Waals surface area contributed by atoms with E-state index >= 15 is 0 Å². The summed E-state index contributed by atoms with van der Waals surface area (Å²) < 4.78 is 41.2. The van der Waals surface area contributed by atoms with Crippen molar-refractivity contribution in [2.75, 3.05) is 10.6 Å². The summed E-state index contributed by atoms with van der Waals surface area (Å²) >= 11 is 3.08. The van der Waals surface area contributed by atoms with Crippen molar-refractivity contribution in [1.29, 1.82) is 5.41 Å². The molecule has 15 heteroatoms. The topological polar surface area (TPSA) is 121 Å². The molecule has 1 fully saturated rings. The summed E-state index contributed by atoms with van der Waals surface area (Å²) in [6, 6.07) is 3.76. The van der Waals surface area contributed by atoms with E-state index in [0.717, 1.165) is 0 Å². The lowest BCUT2D eigenvalue weighted by molar-refractivity contribution is 0.307. The number of benzene rings is 1. The Hall–Kier alpha value is -1.75. The number of aromatic nitrogens is 2. The van der Waals surface area contributed by atoms with Gasteiger partial charge in [0.2, 0.25) is 5.82 Å². The summed E-state index contributed by atoms with van der Waals surface area (Å²) in [6.45, 7) is 0. The number of nitrogens with zero attached hydrogens (tertiary/aromatic N) is 2. The van der Waals surface area contributed by atoms with E-state index in [-0.39, 0.29) is 21.8 Å². The molecule has 1 aromatic heterocycles. The molecule has 0 radical (unpaired) electrons. The van der Waals surface area contributed by atoms with Crippen molar-refractivity contribution >= 4 is 74.5 Å². The molecule has 1 aliphatic rings. The van der Waals surface area contributed by atoms with Gasteiger partial charge in [0.25, 0.3) is 0 Å². The summed E-state index contributed by atoms with van der Waals surface area (Å²) in [6.07, 6.45) is 0. The van der Waals surface area contributed by atoms with E-state index in [1.165, 1.54) is 18.2 Å². The molecular formula is C12H15B4BrFN5O3S. The third-order valence-corrected chi connectivity index (χ3v) is 8.82. The van der Waals surface area contributed by atoms with Crippen molar-refractivity contribution in [2.45, 2.75) is 15.1 Å². The average molecular weight is 452 g/mol. The van der Waals surface area contributed by atoms with Crippen LogP contribution in [0.1, 0.15) is 5.69 Å². The molecule has 3 N–H and O–H groups in total. The molecule has 8 nitrogen and oxygen atoms in total. The molecule has 1 aliphatic heterocycles. The molecule has 0 bridgehead atoms. The molecule has 138 valence electrons. The van der Waals surface area contributed by atoms with Crippen LogP contribution in [-0.4, -0.2) is 71.1 Å². The van der Waals surface area contributed by atoms with Crippen molar-refractivity contribution in [3.63, 3.8) is 0 Å². The molecule has 0 saturated carbocycles. The van der Waals surface area contributed by atoms with E-state index in [1.54, 1.807) is 31.4 Å². The maximum absolute atomic E-state index is 13.3. The van der Waals surface area contributed by atoms with Crippen LogP contribution in [0.2, 0.25) is 0 Å². The molecule has 1 saturated heterocycles. The van der Waals surface area contributed by atoms with E-state index < -0.39 is 30.8 Å². The monoisotopic (exact) mass is 451 g/mol. The highest BCUT2D eigenvalue weighted by atomic mass is 79.9. The molecule has 3 rings (SSSR count). The van der Waals surface area contributed by atoms with Crippen molar-refractivity contribution in [3.8, 4) is 0 Å². The Kier molecular flexibility index (Phi) is 4.74. The van der Waals surface area contributed by atoms with Crippen molar-refractivity contribution in [3.05, 3.63) is 34.2 Å². The second-order valence-corrected chi connectivity index (χ2v) is 11.3. The van der Waals surface area contributed by atoms with Crippen molar-refractivity contribution < 1.29 is 17.4 Å². The van der Waals surface area contributed by atoms with Gasteiger partial charge in [-0.15, -0.1) is 0 Å². The van der Waals surface area contributed by atoms with Crippen LogP contribution in [0.5, 0.6) is 0 Å². The van der Waals surface area contributed by atoms with Gasteiger partial charge in [-0.25, -0.2) is 17.4 Å². The van der Waals surface area contributed by atoms with E-state index in [4.69, 9.17) is 10.0 Å². The zero-order chi connectivity index (χ0) is 20.2. The summed E-state index contributed by atoms with van der Waals surface area (Å²) in [5.74, 6) is -0.391. The van der Waals surface area contributed by atoms with Gasteiger partial charge in [-0.05, 0) is 44.4 Å². The van der Waals surface area contributed by atoms with E-state index in [9.17, 15) is 12.8 Å². The molecule has 27 heavy (non-hydrogen) atoms. The first-order valence-corrected chi connectivity index (χ1v) is 10.3. The fraction of sp³-hybridized carbons (Fsp3) is 0.250. The second kappa shape index (κ2) is 6.40. The lowest BCUT2D eigenvalue weighted by atomic mass is 9.51. The Balaban J connectivity index is 1.82. The normalized spacial score (nSPS) is 19.8. The molecule has 0 unspecified atom stereocenters. The van der Waals surface area contributed by atoms with Gasteiger partial charge in [0.05, 0.1) is 4.47 Å². The number of hydrogen-bond donors (Lipinski definition) is 3. The standard InChI is InChI=1S/C12H15B4BrFN5O3S/c13-11(14)10(12(15,16)27(11,24)25)21-9-7(22-26-23-9)8(19)20-4-1-2-6(18)5(17)3-4/h1-3,10H,13-16H2,(H2,19,20)(H,21,23). The van der Waals surface area contributed by atoms with E-state index in [2.05, 4.69) is 36.9 Å². The number of nitrogens with one attached hydrogen (secondary N) is 3. The van der Waals surface area contributed by atoms with Crippen LogP contribution < -0.4 is 10.6 Å². The quantitative estimate of drug-likeness (QED) is 0.266. The maximum Gasteiger partial charge on any atom is 0.202 e. The first-order valence-electron chi connectivity index (χ1n) is 8.04. The number of halogens is 2. The van der Waals surface area contributed by atoms with Crippen LogP contribution in [0.3, 0.4) is 0 Å². The Bertz CT molecular complexity index is 1010. The van der Waals surface area contributed by atoms with Crippen LogP contribution in [0.25, 0.3) is 0 Å². The van der Waals surface area contributed by atoms with E-state index in [0.29, 0.717) is 5.69 Å². The van der Waals surface area contributed by atoms with Crippen LogP contribution in [0, 0.1) is 11.2 Å². The van der Waals surface area contributed by atoms with Crippen molar-refractivity contribution in [1.82, 2.24) is 10.3 Å². The fourth-order valence-corrected chi connectivity index (χ4v) is 6.35. The minimum Gasteiger partial charge on any atom is -0.362 e. The largest absolute Gasteiger partial charge is 0.362 e. The van der Waals surface area contributed by atoms with Gasteiger partial charge in [-0.3, -0.25) is 5.41 Å². The summed E-state index contributed by atoms with van der Waals surface area (Å²) in [5.41, 5.74) is 0.556. The lowest BCUT2D eigenvalue weighted by Gasteiger charge is -2.57. The van der Waals surface area contributed by atoms with Gasteiger partial charge in [-0.2, -0.15) is 0 Å². The van der Waals surface area contributed by atoms with Gasteiger partial charge >= 0.3 is 0 Å². The number of anilines is 2. The Morgan fingerprint density at radius 2 is 1.89 bits per heavy atom. The SMILES string of the molecule is BC1(B)C(Nc2nonc2C(=N)Nc2ccc(F)c(Br)c2)C(B)(B)S1(=O)=O. The number of sulfone groups is 1. The van der Waals surface area contributed by atoms with Gasteiger partial charge in [0.15, 0.2) is 11.5 Å². The number of rotatable bonds is 4. The highest BCUT2D eigenvalue weighted by Crippen LogP contribution is 2.42. The zero-order valence-electron chi connectivity index (χ0n) is 15.1. The molecule has 0 aliphatic carbocycles. The van der Waals surface area contributed by atoms with Gasteiger partial charge in [-0.1, -0.05) is 0 Å². The highest BCUT2D eigenvalue weighted by molar-refractivity contribution is 9.10. The van der Waals surface area contributed by atoms with Gasteiger partial charge in [0, 0.05) is 20.8 Å². The molecule has 1 aromatic carbocycles.